The zero-order valence-corrected chi connectivity index (χ0v) is 12.8. The van der Waals surface area contributed by atoms with Gasteiger partial charge in [0.15, 0.2) is 0 Å². The number of benzene rings is 1. The molecular formula is C15H14ClN3S. The Labute approximate surface area is 126 Å². The van der Waals surface area contributed by atoms with Gasteiger partial charge in [0, 0.05) is 10.6 Å². The molecule has 0 spiro atoms. The maximum absolute atomic E-state index is 6.23. The Balaban J connectivity index is 2.06. The van der Waals surface area contributed by atoms with E-state index in [1.54, 1.807) is 17.7 Å². The van der Waals surface area contributed by atoms with Crippen LogP contribution in [0.5, 0.6) is 0 Å². The van der Waals surface area contributed by atoms with E-state index in [9.17, 15) is 0 Å². The van der Waals surface area contributed by atoms with Crippen molar-refractivity contribution < 1.29 is 0 Å². The molecule has 3 rings (SSSR count). The van der Waals surface area contributed by atoms with Crippen molar-refractivity contribution in [2.75, 3.05) is 5.32 Å². The van der Waals surface area contributed by atoms with Gasteiger partial charge in [0.25, 0.3) is 0 Å². The largest absolute Gasteiger partial charge is 0.339 e. The molecule has 102 valence electrons. The van der Waals surface area contributed by atoms with Crippen LogP contribution in [0.4, 0.5) is 11.5 Å². The smallest absolute Gasteiger partial charge is 0.142 e. The van der Waals surface area contributed by atoms with Crippen LogP contribution in [0.1, 0.15) is 22.7 Å². The van der Waals surface area contributed by atoms with E-state index in [1.165, 1.54) is 4.88 Å². The second-order valence-electron chi connectivity index (χ2n) is 4.63. The summed E-state index contributed by atoms with van der Waals surface area (Å²) in [5.74, 6) is 0.823. The molecule has 1 atom stereocenters. The quantitative estimate of drug-likeness (QED) is 0.689. The Morgan fingerprint density at radius 1 is 1.25 bits per heavy atom. The van der Waals surface area contributed by atoms with Crippen molar-refractivity contribution in [1.82, 2.24) is 9.97 Å². The first-order valence-corrected chi connectivity index (χ1v) is 7.61. The minimum atomic E-state index is -0.0553. The van der Waals surface area contributed by atoms with E-state index in [0.29, 0.717) is 0 Å². The summed E-state index contributed by atoms with van der Waals surface area (Å²) in [6, 6.07) is 10.1. The monoisotopic (exact) mass is 303 g/mol. The van der Waals surface area contributed by atoms with Crippen molar-refractivity contribution in [2.24, 2.45) is 0 Å². The first-order chi connectivity index (χ1) is 9.65. The molecule has 0 amide bonds. The maximum Gasteiger partial charge on any atom is 0.142 e. The van der Waals surface area contributed by atoms with Gasteiger partial charge >= 0.3 is 0 Å². The van der Waals surface area contributed by atoms with Gasteiger partial charge in [-0.1, -0.05) is 18.2 Å². The van der Waals surface area contributed by atoms with Gasteiger partial charge in [-0.15, -0.1) is 22.9 Å². The highest BCUT2D eigenvalue weighted by molar-refractivity contribution is 7.18. The maximum atomic E-state index is 6.23. The van der Waals surface area contributed by atoms with Gasteiger partial charge in [0.1, 0.15) is 17.0 Å². The van der Waals surface area contributed by atoms with E-state index in [2.05, 4.69) is 28.3 Å². The highest BCUT2D eigenvalue weighted by Crippen LogP contribution is 2.33. The second-order valence-corrected chi connectivity index (χ2v) is 6.52. The molecule has 2 heterocycles. The van der Waals surface area contributed by atoms with Gasteiger partial charge in [-0.25, -0.2) is 9.97 Å². The molecule has 20 heavy (non-hydrogen) atoms. The summed E-state index contributed by atoms with van der Waals surface area (Å²) < 4.78 is 0. The minimum absolute atomic E-state index is 0.0553. The highest BCUT2D eigenvalue weighted by Gasteiger charge is 2.11. The molecule has 0 radical (unpaired) electrons. The summed E-state index contributed by atoms with van der Waals surface area (Å²) in [5.41, 5.74) is 2.05. The molecule has 0 bridgehead atoms. The molecule has 3 aromatic rings. The number of hydrogen-bond acceptors (Lipinski definition) is 4. The number of alkyl halides is 1. The fourth-order valence-corrected chi connectivity index (χ4v) is 3.20. The normalized spacial score (nSPS) is 12.6. The van der Waals surface area contributed by atoms with E-state index in [4.69, 9.17) is 11.6 Å². The lowest BCUT2D eigenvalue weighted by atomic mass is 10.1. The van der Waals surface area contributed by atoms with Crippen molar-refractivity contribution >= 4 is 44.7 Å². The van der Waals surface area contributed by atoms with E-state index in [1.807, 2.05) is 31.2 Å². The number of halogens is 1. The van der Waals surface area contributed by atoms with Crippen LogP contribution in [0.2, 0.25) is 0 Å². The standard InChI is InChI=1S/C15H14ClN3S/c1-9-7-12-14(17-8-18-15(12)20-9)19-13-6-4-3-5-11(13)10(2)16/h3-8,10H,1-2H3,(H,17,18,19). The Hall–Kier alpha value is -1.65. The molecule has 0 fully saturated rings. The number of fused-ring (bicyclic) bond motifs is 1. The molecule has 2 aromatic heterocycles. The fraction of sp³-hybridized carbons (Fsp3) is 0.200. The Kier molecular flexibility index (Phi) is 3.59. The van der Waals surface area contributed by atoms with Crippen molar-refractivity contribution in [3.8, 4) is 0 Å². The average Bonchev–Trinajstić information content (AvgIpc) is 2.80. The Morgan fingerprint density at radius 3 is 2.85 bits per heavy atom. The number of nitrogens with zero attached hydrogens (tertiary/aromatic N) is 2. The van der Waals surface area contributed by atoms with E-state index in [-0.39, 0.29) is 5.38 Å². The molecule has 0 aliphatic carbocycles. The number of aromatic nitrogens is 2. The van der Waals surface area contributed by atoms with Gasteiger partial charge in [0.2, 0.25) is 0 Å². The Bertz CT molecular complexity index is 752. The number of thiophene rings is 1. The number of para-hydroxylation sites is 1. The number of nitrogens with one attached hydrogen (secondary N) is 1. The predicted octanol–water partition coefficient (Wildman–Crippen LogP) is 5.04. The van der Waals surface area contributed by atoms with Crippen LogP contribution in [-0.2, 0) is 0 Å². The third-order valence-corrected chi connectivity index (χ3v) is 4.29. The van der Waals surface area contributed by atoms with Crippen molar-refractivity contribution in [3.05, 3.63) is 47.1 Å². The average molecular weight is 304 g/mol. The topological polar surface area (TPSA) is 37.8 Å². The van der Waals surface area contributed by atoms with Gasteiger partial charge in [0.05, 0.1) is 10.8 Å². The zero-order chi connectivity index (χ0) is 14.1. The Morgan fingerprint density at radius 2 is 2.05 bits per heavy atom. The fourth-order valence-electron chi connectivity index (χ4n) is 2.16. The molecule has 0 aliphatic heterocycles. The molecule has 0 saturated heterocycles. The molecule has 0 saturated carbocycles. The number of rotatable bonds is 3. The summed E-state index contributed by atoms with van der Waals surface area (Å²) in [5, 5.41) is 4.37. The highest BCUT2D eigenvalue weighted by atomic mass is 35.5. The molecular weight excluding hydrogens is 290 g/mol. The number of aryl methyl sites for hydroxylation is 1. The van der Waals surface area contributed by atoms with Crippen molar-refractivity contribution in [2.45, 2.75) is 19.2 Å². The lowest BCUT2D eigenvalue weighted by Gasteiger charge is -2.13. The number of anilines is 2. The lowest BCUT2D eigenvalue weighted by Crippen LogP contribution is -1.99. The lowest BCUT2D eigenvalue weighted by molar-refractivity contribution is 1.08. The van der Waals surface area contributed by atoms with Crippen LogP contribution in [-0.4, -0.2) is 9.97 Å². The van der Waals surface area contributed by atoms with Crippen molar-refractivity contribution in [3.63, 3.8) is 0 Å². The van der Waals surface area contributed by atoms with E-state index < -0.39 is 0 Å². The van der Waals surface area contributed by atoms with Crippen LogP contribution in [0.15, 0.2) is 36.7 Å². The minimum Gasteiger partial charge on any atom is -0.339 e. The van der Waals surface area contributed by atoms with E-state index in [0.717, 1.165) is 27.3 Å². The van der Waals surface area contributed by atoms with Crippen LogP contribution in [0, 0.1) is 6.92 Å². The van der Waals surface area contributed by atoms with Crippen LogP contribution < -0.4 is 5.32 Å². The third kappa shape index (κ3) is 2.49. The van der Waals surface area contributed by atoms with Gasteiger partial charge < -0.3 is 5.32 Å². The summed E-state index contributed by atoms with van der Waals surface area (Å²) in [6.07, 6.45) is 1.59. The first-order valence-electron chi connectivity index (χ1n) is 6.36. The summed E-state index contributed by atoms with van der Waals surface area (Å²) in [6.45, 7) is 4.04. The SMILES string of the molecule is Cc1cc2c(Nc3ccccc3C(C)Cl)ncnc2s1. The molecule has 1 aromatic carbocycles. The van der Waals surface area contributed by atoms with Gasteiger partial charge in [-0.2, -0.15) is 0 Å². The second kappa shape index (κ2) is 5.38. The molecule has 1 N–H and O–H groups in total. The molecule has 5 heteroatoms. The third-order valence-electron chi connectivity index (χ3n) is 3.10. The summed E-state index contributed by atoms with van der Waals surface area (Å²) in [4.78, 5) is 10.9. The van der Waals surface area contributed by atoms with Crippen LogP contribution in [0.25, 0.3) is 10.2 Å². The zero-order valence-electron chi connectivity index (χ0n) is 11.2. The molecule has 1 unspecified atom stereocenters. The van der Waals surface area contributed by atoms with Gasteiger partial charge in [-0.3, -0.25) is 0 Å². The van der Waals surface area contributed by atoms with Gasteiger partial charge in [-0.05, 0) is 31.5 Å². The van der Waals surface area contributed by atoms with Crippen LogP contribution >= 0.6 is 22.9 Å². The van der Waals surface area contributed by atoms with E-state index >= 15 is 0 Å². The van der Waals surface area contributed by atoms with Crippen molar-refractivity contribution in [1.29, 1.82) is 0 Å². The predicted molar refractivity (Wildman–Crippen MR) is 86.1 cm³/mol. The molecule has 3 nitrogen and oxygen atoms in total. The number of hydrogen-bond donors (Lipinski definition) is 1. The first kappa shape index (κ1) is 13.3. The summed E-state index contributed by atoms with van der Waals surface area (Å²) in [7, 11) is 0. The summed E-state index contributed by atoms with van der Waals surface area (Å²) >= 11 is 7.90. The molecule has 0 aliphatic rings. The van der Waals surface area contributed by atoms with Crippen LogP contribution in [0.3, 0.4) is 0 Å².